The molecule has 3 aromatic rings. The van der Waals surface area contributed by atoms with E-state index in [2.05, 4.69) is 15.5 Å². The minimum atomic E-state index is -0.448. The van der Waals surface area contributed by atoms with Crippen LogP contribution in [0.25, 0.3) is 11.5 Å². The third kappa shape index (κ3) is 5.26. The van der Waals surface area contributed by atoms with Gasteiger partial charge in [-0.3, -0.25) is 4.79 Å². The van der Waals surface area contributed by atoms with E-state index in [-0.39, 0.29) is 22.8 Å². The maximum Gasteiger partial charge on any atom is 0.277 e. The van der Waals surface area contributed by atoms with Gasteiger partial charge in [0, 0.05) is 12.1 Å². The molecular formula is C20H20FN3O4S. The van der Waals surface area contributed by atoms with Crippen LogP contribution in [0.1, 0.15) is 12.5 Å². The van der Waals surface area contributed by atoms with Gasteiger partial charge in [0.2, 0.25) is 11.8 Å². The molecule has 1 heterocycles. The molecular weight excluding hydrogens is 397 g/mol. The number of amides is 1. The van der Waals surface area contributed by atoms with Crippen molar-refractivity contribution in [2.75, 3.05) is 14.2 Å². The fraction of sp³-hybridized carbons (Fsp3) is 0.250. The van der Waals surface area contributed by atoms with Crippen molar-refractivity contribution in [3.05, 3.63) is 53.8 Å². The first-order chi connectivity index (χ1) is 14.0. The second-order valence-electron chi connectivity index (χ2n) is 6.05. The number of nitrogens with one attached hydrogen (secondary N) is 1. The predicted octanol–water partition coefficient (Wildman–Crippen LogP) is 3.69. The van der Waals surface area contributed by atoms with E-state index in [1.807, 2.05) is 12.1 Å². The average Bonchev–Trinajstić information content (AvgIpc) is 3.20. The molecule has 1 aromatic heterocycles. The van der Waals surface area contributed by atoms with Crippen LogP contribution in [-0.2, 0) is 11.3 Å². The number of benzene rings is 2. The standard InChI is InChI=1S/C20H20FN3O4S/c1-12(18(25)22-11-13-4-9-16(26-2)17(10-13)27-3)29-20-24-23-19(28-20)14-5-7-15(21)8-6-14/h4-10,12H,11H2,1-3H3,(H,22,25)/t12-/m1/s1. The third-order valence-electron chi connectivity index (χ3n) is 4.06. The highest BCUT2D eigenvalue weighted by atomic mass is 32.2. The number of hydrogen-bond donors (Lipinski definition) is 1. The lowest BCUT2D eigenvalue weighted by Crippen LogP contribution is -2.30. The van der Waals surface area contributed by atoms with Gasteiger partial charge in [-0.25, -0.2) is 4.39 Å². The summed E-state index contributed by atoms with van der Waals surface area (Å²) in [6.07, 6.45) is 0. The minimum Gasteiger partial charge on any atom is -0.493 e. The number of ether oxygens (including phenoxy) is 2. The molecule has 1 atom stereocenters. The number of hydrogen-bond acceptors (Lipinski definition) is 7. The fourth-order valence-electron chi connectivity index (χ4n) is 2.49. The van der Waals surface area contributed by atoms with E-state index < -0.39 is 5.25 Å². The third-order valence-corrected chi connectivity index (χ3v) is 4.99. The molecule has 0 spiro atoms. The summed E-state index contributed by atoms with van der Waals surface area (Å²) in [6.45, 7) is 2.09. The molecule has 0 aliphatic rings. The summed E-state index contributed by atoms with van der Waals surface area (Å²) < 4.78 is 29.0. The van der Waals surface area contributed by atoms with Gasteiger partial charge >= 0.3 is 0 Å². The molecule has 0 aliphatic heterocycles. The monoisotopic (exact) mass is 417 g/mol. The molecule has 0 fully saturated rings. The van der Waals surface area contributed by atoms with Crippen molar-refractivity contribution < 1.29 is 23.1 Å². The molecule has 7 nitrogen and oxygen atoms in total. The summed E-state index contributed by atoms with van der Waals surface area (Å²) in [5, 5.41) is 10.6. The number of halogens is 1. The van der Waals surface area contributed by atoms with Gasteiger partial charge in [-0.05, 0) is 48.9 Å². The summed E-state index contributed by atoms with van der Waals surface area (Å²) in [5.74, 6) is 0.972. The van der Waals surface area contributed by atoms with Gasteiger partial charge in [-0.1, -0.05) is 17.8 Å². The molecule has 3 rings (SSSR count). The second-order valence-corrected chi connectivity index (χ2v) is 7.34. The van der Waals surface area contributed by atoms with Gasteiger partial charge in [0.1, 0.15) is 5.82 Å². The summed E-state index contributed by atoms with van der Waals surface area (Å²) in [7, 11) is 3.13. The quantitative estimate of drug-likeness (QED) is 0.560. The van der Waals surface area contributed by atoms with Crippen LogP contribution in [0.2, 0.25) is 0 Å². The molecule has 0 saturated heterocycles. The SMILES string of the molecule is COc1ccc(CNC(=O)[C@@H](C)Sc2nnc(-c3ccc(F)cc3)o2)cc1OC. The van der Waals surface area contributed by atoms with E-state index >= 15 is 0 Å². The first kappa shape index (κ1) is 20.7. The second kappa shape index (κ2) is 9.42. The van der Waals surface area contributed by atoms with E-state index in [4.69, 9.17) is 13.9 Å². The van der Waals surface area contributed by atoms with Crippen molar-refractivity contribution in [3.8, 4) is 23.0 Å². The first-order valence-electron chi connectivity index (χ1n) is 8.75. The van der Waals surface area contributed by atoms with Gasteiger partial charge < -0.3 is 19.2 Å². The first-order valence-corrected chi connectivity index (χ1v) is 9.63. The molecule has 0 aliphatic carbocycles. The molecule has 0 saturated carbocycles. The van der Waals surface area contributed by atoms with Crippen molar-refractivity contribution >= 4 is 17.7 Å². The van der Waals surface area contributed by atoms with Crippen LogP contribution in [0.5, 0.6) is 11.5 Å². The smallest absolute Gasteiger partial charge is 0.277 e. The molecule has 0 bridgehead atoms. The minimum absolute atomic E-state index is 0.175. The number of carbonyl (C=O) groups is 1. The number of methoxy groups -OCH3 is 2. The van der Waals surface area contributed by atoms with Crippen LogP contribution in [0.15, 0.2) is 52.1 Å². The molecule has 9 heteroatoms. The fourth-order valence-corrected chi connectivity index (χ4v) is 3.20. The number of carbonyl (C=O) groups excluding carboxylic acids is 1. The van der Waals surface area contributed by atoms with Crippen LogP contribution in [0.3, 0.4) is 0 Å². The normalized spacial score (nSPS) is 11.7. The van der Waals surface area contributed by atoms with Crippen molar-refractivity contribution in [1.82, 2.24) is 15.5 Å². The van der Waals surface area contributed by atoms with Gasteiger partial charge in [0.05, 0.1) is 19.5 Å². The van der Waals surface area contributed by atoms with Crippen LogP contribution < -0.4 is 14.8 Å². The van der Waals surface area contributed by atoms with E-state index in [0.29, 0.717) is 23.6 Å². The Morgan fingerprint density at radius 1 is 1.14 bits per heavy atom. The Balaban J connectivity index is 1.56. The van der Waals surface area contributed by atoms with Gasteiger partial charge in [0.25, 0.3) is 5.22 Å². The zero-order chi connectivity index (χ0) is 20.8. The Hall–Kier alpha value is -3.07. The van der Waals surface area contributed by atoms with Gasteiger partial charge in [0.15, 0.2) is 11.5 Å². The van der Waals surface area contributed by atoms with Gasteiger partial charge in [-0.15, -0.1) is 10.2 Å². The topological polar surface area (TPSA) is 86.5 Å². The van der Waals surface area contributed by atoms with Crippen LogP contribution in [-0.4, -0.2) is 35.6 Å². The zero-order valence-corrected chi connectivity index (χ0v) is 17.0. The number of nitrogens with zero attached hydrogens (tertiary/aromatic N) is 2. The molecule has 29 heavy (non-hydrogen) atoms. The van der Waals surface area contributed by atoms with Crippen LogP contribution >= 0.6 is 11.8 Å². The highest BCUT2D eigenvalue weighted by Gasteiger charge is 2.19. The number of thioether (sulfide) groups is 1. The Morgan fingerprint density at radius 2 is 1.86 bits per heavy atom. The Kier molecular flexibility index (Phi) is 6.71. The largest absolute Gasteiger partial charge is 0.493 e. The molecule has 2 aromatic carbocycles. The summed E-state index contributed by atoms with van der Waals surface area (Å²) in [4.78, 5) is 12.4. The average molecular weight is 417 g/mol. The predicted molar refractivity (Wildman–Crippen MR) is 106 cm³/mol. The van der Waals surface area contributed by atoms with Crippen LogP contribution in [0, 0.1) is 5.82 Å². The lowest BCUT2D eigenvalue weighted by Gasteiger charge is -2.12. The lowest BCUT2D eigenvalue weighted by atomic mass is 10.2. The molecule has 0 unspecified atom stereocenters. The lowest BCUT2D eigenvalue weighted by molar-refractivity contribution is -0.120. The van der Waals surface area contributed by atoms with E-state index in [1.54, 1.807) is 39.3 Å². The van der Waals surface area contributed by atoms with E-state index in [9.17, 15) is 9.18 Å². The summed E-state index contributed by atoms with van der Waals surface area (Å²) in [5.41, 5.74) is 1.49. The highest BCUT2D eigenvalue weighted by molar-refractivity contribution is 8.00. The maximum atomic E-state index is 13.0. The van der Waals surface area contributed by atoms with Crippen LogP contribution in [0.4, 0.5) is 4.39 Å². The Labute approximate surface area is 171 Å². The Morgan fingerprint density at radius 3 is 2.55 bits per heavy atom. The van der Waals surface area contributed by atoms with Crippen molar-refractivity contribution in [1.29, 1.82) is 0 Å². The molecule has 0 radical (unpaired) electrons. The van der Waals surface area contributed by atoms with E-state index in [1.165, 1.54) is 12.1 Å². The van der Waals surface area contributed by atoms with Gasteiger partial charge in [-0.2, -0.15) is 0 Å². The molecule has 1 amide bonds. The van der Waals surface area contributed by atoms with E-state index in [0.717, 1.165) is 17.3 Å². The maximum absolute atomic E-state index is 13.0. The number of aromatic nitrogens is 2. The van der Waals surface area contributed by atoms with Crippen molar-refractivity contribution in [2.45, 2.75) is 23.9 Å². The van der Waals surface area contributed by atoms with Crippen molar-refractivity contribution in [2.24, 2.45) is 0 Å². The summed E-state index contributed by atoms with van der Waals surface area (Å²) >= 11 is 1.15. The summed E-state index contributed by atoms with van der Waals surface area (Å²) in [6, 6.07) is 11.2. The molecule has 1 N–H and O–H groups in total. The Bertz CT molecular complexity index is 978. The highest BCUT2D eigenvalue weighted by Crippen LogP contribution is 2.28. The van der Waals surface area contributed by atoms with Crippen molar-refractivity contribution in [3.63, 3.8) is 0 Å². The number of rotatable bonds is 8. The zero-order valence-electron chi connectivity index (χ0n) is 16.1. The molecule has 152 valence electrons.